The van der Waals surface area contributed by atoms with Crippen LogP contribution in [0.4, 0.5) is 0 Å². The van der Waals surface area contributed by atoms with Gasteiger partial charge in [-0.25, -0.2) is 0 Å². The molecule has 5 nitrogen and oxygen atoms in total. The molecular formula is C16H28Cl2N4O. The van der Waals surface area contributed by atoms with E-state index in [1.165, 1.54) is 17.7 Å². The molecule has 2 aliphatic rings. The summed E-state index contributed by atoms with van der Waals surface area (Å²) in [6.45, 7) is 6.11. The van der Waals surface area contributed by atoms with Crippen LogP contribution >= 0.6 is 24.8 Å². The Morgan fingerprint density at radius 1 is 1.26 bits per heavy atom. The van der Waals surface area contributed by atoms with Crippen molar-refractivity contribution in [3.63, 3.8) is 0 Å². The number of likely N-dealkylation sites (tertiary alicyclic amines) is 1. The van der Waals surface area contributed by atoms with Crippen LogP contribution in [0.25, 0.3) is 0 Å². The zero-order valence-corrected chi connectivity index (χ0v) is 15.8. The first kappa shape index (κ1) is 20.3. The van der Waals surface area contributed by atoms with Gasteiger partial charge in [-0.3, -0.25) is 9.48 Å². The normalized spacial score (nSPS) is 23.5. The second kappa shape index (κ2) is 8.36. The fraction of sp³-hybridized carbons (Fsp3) is 0.750. The van der Waals surface area contributed by atoms with E-state index in [2.05, 4.69) is 29.2 Å². The van der Waals surface area contributed by atoms with Crippen molar-refractivity contribution in [2.45, 2.75) is 58.0 Å². The van der Waals surface area contributed by atoms with E-state index in [9.17, 15) is 4.79 Å². The first-order chi connectivity index (χ1) is 10.1. The number of aryl methyl sites for hydroxylation is 2. The molecule has 3 heterocycles. The van der Waals surface area contributed by atoms with Crippen LogP contribution in [-0.4, -0.2) is 39.7 Å². The van der Waals surface area contributed by atoms with Crippen molar-refractivity contribution in [1.29, 1.82) is 0 Å². The Hall–Kier alpha value is -0.780. The number of nitrogens with zero attached hydrogens (tertiary/aromatic N) is 3. The predicted molar refractivity (Wildman–Crippen MR) is 96.5 cm³/mol. The van der Waals surface area contributed by atoms with Gasteiger partial charge in [-0.05, 0) is 46.1 Å². The van der Waals surface area contributed by atoms with Gasteiger partial charge in [-0.1, -0.05) is 0 Å². The molecule has 0 saturated carbocycles. The lowest BCUT2D eigenvalue weighted by atomic mass is 10.0. The van der Waals surface area contributed by atoms with E-state index in [1.807, 2.05) is 11.7 Å². The Morgan fingerprint density at radius 3 is 2.57 bits per heavy atom. The van der Waals surface area contributed by atoms with Gasteiger partial charge < -0.3 is 10.2 Å². The van der Waals surface area contributed by atoms with Crippen molar-refractivity contribution in [2.75, 3.05) is 13.1 Å². The van der Waals surface area contributed by atoms with Gasteiger partial charge in [0.05, 0.1) is 11.7 Å². The molecule has 1 N–H and O–H groups in total. The van der Waals surface area contributed by atoms with Crippen LogP contribution in [0.1, 0.15) is 55.1 Å². The minimum absolute atomic E-state index is 0. The lowest BCUT2D eigenvalue weighted by Crippen LogP contribution is -2.35. The monoisotopic (exact) mass is 362 g/mol. The number of aromatic nitrogens is 2. The predicted octanol–water partition coefficient (Wildman–Crippen LogP) is 2.69. The van der Waals surface area contributed by atoms with Crippen LogP contribution in [0.5, 0.6) is 0 Å². The van der Waals surface area contributed by atoms with Crippen molar-refractivity contribution in [3.8, 4) is 0 Å². The van der Waals surface area contributed by atoms with Crippen LogP contribution in [0.2, 0.25) is 0 Å². The highest BCUT2D eigenvalue weighted by Gasteiger charge is 2.34. The zero-order chi connectivity index (χ0) is 15.0. The quantitative estimate of drug-likeness (QED) is 0.898. The number of hydrogen-bond acceptors (Lipinski definition) is 3. The van der Waals surface area contributed by atoms with Crippen LogP contribution in [0, 0.1) is 13.8 Å². The van der Waals surface area contributed by atoms with E-state index in [0.29, 0.717) is 18.4 Å². The summed E-state index contributed by atoms with van der Waals surface area (Å²) in [6, 6.07) is 0.613. The van der Waals surface area contributed by atoms with Gasteiger partial charge in [0.15, 0.2) is 0 Å². The van der Waals surface area contributed by atoms with Gasteiger partial charge in [-0.2, -0.15) is 5.10 Å². The first-order valence-corrected chi connectivity index (χ1v) is 8.11. The molecule has 0 aromatic carbocycles. The van der Waals surface area contributed by atoms with Gasteiger partial charge in [0.25, 0.3) is 0 Å². The average Bonchev–Trinajstić information content (AvgIpc) is 3.13. The summed E-state index contributed by atoms with van der Waals surface area (Å²) in [6.07, 6.45) is 5.14. The van der Waals surface area contributed by atoms with Crippen molar-refractivity contribution in [1.82, 2.24) is 20.0 Å². The van der Waals surface area contributed by atoms with Crippen molar-refractivity contribution < 1.29 is 4.79 Å². The molecule has 0 radical (unpaired) electrons. The number of hydrogen-bond donors (Lipinski definition) is 1. The third-order valence-electron chi connectivity index (χ3n) is 5.05. The van der Waals surface area contributed by atoms with E-state index < -0.39 is 0 Å². The van der Waals surface area contributed by atoms with Gasteiger partial charge >= 0.3 is 0 Å². The van der Waals surface area contributed by atoms with Crippen LogP contribution in [0.15, 0.2) is 0 Å². The summed E-state index contributed by atoms with van der Waals surface area (Å²) in [4.78, 5) is 14.8. The van der Waals surface area contributed by atoms with Crippen molar-refractivity contribution >= 4 is 30.7 Å². The summed E-state index contributed by atoms with van der Waals surface area (Å²) < 4.78 is 1.93. The molecular weight excluding hydrogens is 335 g/mol. The minimum atomic E-state index is 0. The highest BCUT2D eigenvalue weighted by molar-refractivity contribution is 5.85. The smallest absolute Gasteiger partial charge is 0.224 e. The molecule has 0 bridgehead atoms. The van der Waals surface area contributed by atoms with Gasteiger partial charge in [0.2, 0.25) is 5.91 Å². The second-order valence-corrected chi connectivity index (χ2v) is 6.45. The topological polar surface area (TPSA) is 50.2 Å². The fourth-order valence-corrected chi connectivity index (χ4v) is 3.90. The van der Waals surface area contributed by atoms with E-state index in [0.717, 1.165) is 38.0 Å². The summed E-state index contributed by atoms with van der Waals surface area (Å²) in [7, 11) is 1.98. The number of amides is 1. The zero-order valence-electron chi connectivity index (χ0n) is 14.2. The summed E-state index contributed by atoms with van der Waals surface area (Å²) >= 11 is 0. The summed E-state index contributed by atoms with van der Waals surface area (Å²) in [5.74, 6) is 0.305. The largest absolute Gasteiger partial charge is 0.335 e. The SMILES string of the molecule is Cc1nn(C)c(C)c1C1CCCN1C(=O)CC1CCCN1.Cl.Cl. The van der Waals surface area contributed by atoms with E-state index in [4.69, 9.17) is 0 Å². The molecule has 1 aromatic rings. The molecule has 0 aliphatic carbocycles. The molecule has 7 heteroatoms. The minimum Gasteiger partial charge on any atom is -0.335 e. The van der Waals surface area contributed by atoms with Crippen LogP contribution < -0.4 is 5.32 Å². The van der Waals surface area contributed by atoms with Crippen molar-refractivity contribution in [2.24, 2.45) is 7.05 Å². The number of carbonyl (C=O) groups excluding carboxylic acids is 1. The Morgan fingerprint density at radius 2 is 2.00 bits per heavy atom. The Balaban J connectivity index is 0.00000132. The number of halogens is 2. The van der Waals surface area contributed by atoms with Gasteiger partial charge in [0.1, 0.15) is 0 Å². The highest BCUT2D eigenvalue weighted by Crippen LogP contribution is 2.36. The molecule has 2 aliphatic heterocycles. The Kier molecular flexibility index (Phi) is 7.36. The maximum atomic E-state index is 12.7. The lowest BCUT2D eigenvalue weighted by molar-refractivity contribution is -0.132. The van der Waals surface area contributed by atoms with E-state index in [1.54, 1.807) is 0 Å². The van der Waals surface area contributed by atoms with Gasteiger partial charge in [-0.15, -0.1) is 24.8 Å². The number of nitrogens with one attached hydrogen (secondary N) is 1. The van der Waals surface area contributed by atoms with E-state index >= 15 is 0 Å². The second-order valence-electron chi connectivity index (χ2n) is 6.45. The Labute approximate surface area is 151 Å². The molecule has 1 amide bonds. The molecule has 132 valence electrons. The maximum Gasteiger partial charge on any atom is 0.224 e. The highest BCUT2D eigenvalue weighted by atomic mass is 35.5. The molecule has 23 heavy (non-hydrogen) atoms. The molecule has 0 spiro atoms. The maximum absolute atomic E-state index is 12.7. The molecule has 2 fully saturated rings. The molecule has 2 saturated heterocycles. The summed E-state index contributed by atoms with van der Waals surface area (Å²) in [5, 5.41) is 7.95. The van der Waals surface area contributed by atoms with Gasteiger partial charge in [0, 0.05) is 37.3 Å². The molecule has 1 aromatic heterocycles. The lowest BCUT2D eigenvalue weighted by Gasteiger charge is -2.26. The van der Waals surface area contributed by atoms with Crippen molar-refractivity contribution in [3.05, 3.63) is 17.0 Å². The van der Waals surface area contributed by atoms with Crippen LogP contribution in [-0.2, 0) is 11.8 Å². The number of rotatable bonds is 3. The molecule has 2 unspecified atom stereocenters. The summed E-state index contributed by atoms with van der Waals surface area (Å²) in [5.41, 5.74) is 3.53. The third kappa shape index (κ3) is 4.01. The third-order valence-corrected chi connectivity index (χ3v) is 5.05. The average molecular weight is 363 g/mol. The molecule has 2 atom stereocenters. The standard InChI is InChI=1S/C16H26N4O.2ClH/c1-11-16(12(2)19(3)18-11)14-7-5-9-20(14)15(21)10-13-6-4-8-17-13;;/h13-14,17H,4-10H2,1-3H3;2*1H. The number of carbonyl (C=O) groups is 1. The first-order valence-electron chi connectivity index (χ1n) is 8.11. The van der Waals surface area contributed by atoms with E-state index in [-0.39, 0.29) is 30.9 Å². The van der Waals surface area contributed by atoms with Crippen LogP contribution in [0.3, 0.4) is 0 Å². The Bertz CT molecular complexity index is 540. The molecule has 3 rings (SSSR count). The fourth-order valence-electron chi connectivity index (χ4n) is 3.90.